The second kappa shape index (κ2) is 56.9. The molecule has 3 N–H and O–H groups in total. The van der Waals surface area contributed by atoms with Crippen LogP contribution < -0.4 is 5.32 Å². The molecule has 6 nitrogen and oxygen atoms in total. The normalized spacial score (nSPS) is 12.7. The Balaban J connectivity index is 3.44. The lowest BCUT2D eigenvalue weighted by molar-refractivity contribution is -0.143. The molecule has 0 aromatic heterocycles. The topological polar surface area (TPSA) is 95.9 Å². The fourth-order valence-corrected chi connectivity index (χ4v) is 9.34. The van der Waals surface area contributed by atoms with Gasteiger partial charge < -0.3 is 20.3 Å². The molecule has 0 aliphatic heterocycles. The van der Waals surface area contributed by atoms with Crippen molar-refractivity contribution in [2.45, 2.75) is 341 Å². The number of unbranched alkanes of at least 4 members (excludes halogenated alkanes) is 43. The third-order valence-electron chi connectivity index (χ3n) is 14.0. The minimum Gasteiger partial charge on any atom is -0.466 e. The van der Waals surface area contributed by atoms with Crippen LogP contribution >= 0.6 is 0 Å². The molecule has 2 unspecified atom stereocenters. The monoisotopic (exact) mass is 944 g/mol. The molecule has 67 heavy (non-hydrogen) atoms. The van der Waals surface area contributed by atoms with Crippen LogP contribution in [0.4, 0.5) is 0 Å². The van der Waals surface area contributed by atoms with Gasteiger partial charge in [0.05, 0.1) is 25.4 Å². The number of amides is 1. The molecule has 0 aliphatic carbocycles. The van der Waals surface area contributed by atoms with Crippen molar-refractivity contribution in [3.63, 3.8) is 0 Å². The van der Waals surface area contributed by atoms with E-state index in [9.17, 15) is 19.8 Å². The van der Waals surface area contributed by atoms with Gasteiger partial charge in [0.1, 0.15) is 0 Å². The number of aliphatic hydroxyl groups excluding tert-OH is 2. The first-order chi connectivity index (χ1) is 33.0. The Labute approximate surface area is 418 Å². The number of hydrogen-bond donors (Lipinski definition) is 3. The van der Waals surface area contributed by atoms with Crippen LogP contribution in [0.3, 0.4) is 0 Å². The zero-order valence-corrected chi connectivity index (χ0v) is 45.1. The van der Waals surface area contributed by atoms with Crippen LogP contribution in [0, 0.1) is 0 Å². The van der Waals surface area contributed by atoms with Crippen LogP contribution in [0.15, 0.2) is 24.3 Å². The summed E-state index contributed by atoms with van der Waals surface area (Å²) >= 11 is 0. The van der Waals surface area contributed by atoms with E-state index in [1.54, 1.807) is 6.08 Å². The SMILES string of the molecule is CCCCC/C=C\CCCCCCCC(=O)OCCCCCCCCCCCCCCCCCCCCCC(=O)NC(CO)C(O)/C=C/CCCCCCCCCCCCCCCCCCC. The van der Waals surface area contributed by atoms with Crippen molar-refractivity contribution in [3.8, 4) is 0 Å². The highest BCUT2D eigenvalue weighted by Gasteiger charge is 2.18. The second-order valence-electron chi connectivity index (χ2n) is 20.7. The highest BCUT2D eigenvalue weighted by molar-refractivity contribution is 5.76. The van der Waals surface area contributed by atoms with Crippen molar-refractivity contribution in [3.05, 3.63) is 24.3 Å². The average molecular weight is 945 g/mol. The van der Waals surface area contributed by atoms with Gasteiger partial charge in [0, 0.05) is 12.8 Å². The number of allylic oxidation sites excluding steroid dienone is 3. The summed E-state index contributed by atoms with van der Waals surface area (Å²) in [5.41, 5.74) is 0. The summed E-state index contributed by atoms with van der Waals surface area (Å²) in [4.78, 5) is 24.5. The summed E-state index contributed by atoms with van der Waals surface area (Å²) in [7, 11) is 0. The number of esters is 1. The Hall–Kier alpha value is -1.66. The molecule has 0 aromatic rings. The Kier molecular flexibility index (Phi) is 55.5. The molecule has 2 atom stereocenters. The van der Waals surface area contributed by atoms with Gasteiger partial charge in [0.2, 0.25) is 5.91 Å². The van der Waals surface area contributed by atoms with Crippen LogP contribution in [0.1, 0.15) is 328 Å². The van der Waals surface area contributed by atoms with Crippen molar-refractivity contribution in [1.82, 2.24) is 5.32 Å². The third kappa shape index (κ3) is 53.5. The molecule has 0 bridgehead atoms. The molecular formula is C61H117NO5. The predicted octanol–water partition coefficient (Wildman–Crippen LogP) is 18.6. The van der Waals surface area contributed by atoms with Crippen molar-refractivity contribution in [1.29, 1.82) is 0 Å². The molecule has 6 heteroatoms. The minimum absolute atomic E-state index is 0.00149. The Bertz CT molecular complexity index is 1040. The van der Waals surface area contributed by atoms with Gasteiger partial charge in [-0.25, -0.2) is 0 Å². The van der Waals surface area contributed by atoms with Crippen molar-refractivity contribution in [2.75, 3.05) is 13.2 Å². The fraction of sp³-hybridized carbons (Fsp3) is 0.902. The van der Waals surface area contributed by atoms with E-state index in [0.717, 1.165) is 44.9 Å². The molecular weight excluding hydrogens is 827 g/mol. The number of aliphatic hydroxyl groups is 2. The van der Waals surface area contributed by atoms with Gasteiger partial charge in [-0.2, -0.15) is 0 Å². The Morgan fingerprint density at radius 1 is 0.403 bits per heavy atom. The van der Waals surface area contributed by atoms with Crippen LogP contribution in [0.5, 0.6) is 0 Å². The Morgan fingerprint density at radius 2 is 0.701 bits per heavy atom. The van der Waals surface area contributed by atoms with Gasteiger partial charge in [0.25, 0.3) is 0 Å². The molecule has 0 aliphatic rings. The van der Waals surface area contributed by atoms with E-state index in [1.807, 2.05) is 6.08 Å². The third-order valence-corrected chi connectivity index (χ3v) is 14.0. The molecule has 0 rings (SSSR count). The molecule has 0 heterocycles. The van der Waals surface area contributed by atoms with Crippen LogP contribution in [-0.4, -0.2) is 47.4 Å². The number of carbonyl (C=O) groups is 2. The first-order valence-corrected chi connectivity index (χ1v) is 30.1. The van der Waals surface area contributed by atoms with Crippen LogP contribution in [0.2, 0.25) is 0 Å². The average Bonchev–Trinajstić information content (AvgIpc) is 3.33. The second-order valence-corrected chi connectivity index (χ2v) is 20.7. The lowest BCUT2D eigenvalue weighted by atomic mass is 10.0. The first kappa shape index (κ1) is 65.3. The maximum absolute atomic E-state index is 12.5. The maximum atomic E-state index is 12.5. The number of rotatable bonds is 56. The van der Waals surface area contributed by atoms with Gasteiger partial charge in [-0.15, -0.1) is 0 Å². The quantitative estimate of drug-likeness (QED) is 0.0321. The molecule has 0 saturated carbocycles. The van der Waals surface area contributed by atoms with Gasteiger partial charge in [-0.3, -0.25) is 9.59 Å². The lowest BCUT2D eigenvalue weighted by Crippen LogP contribution is -2.45. The highest BCUT2D eigenvalue weighted by atomic mass is 16.5. The summed E-state index contributed by atoms with van der Waals surface area (Å²) in [6, 6.07) is -0.630. The summed E-state index contributed by atoms with van der Waals surface area (Å²) in [6.45, 7) is 4.89. The van der Waals surface area contributed by atoms with E-state index in [4.69, 9.17) is 4.74 Å². The lowest BCUT2D eigenvalue weighted by Gasteiger charge is -2.20. The predicted molar refractivity (Wildman–Crippen MR) is 292 cm³/mol. The standard InChI is InChI=1S/C61H117NO5/c1-3-5-7-9-11-13-15-17-18-19-21-24-27-30-33-37-41-45-49-53-59(64)58(57-63)62-60(65)54-50-46-42-38-34-31-28-25-22-20-23-26-29-32-36-40-44-48-52-56-67-61(66)55-51-47-43-39-35-16-14-12-10-8-6-4-2/h12,14,49,53,58-59,63-64H,3-11,13,15-48,50-52,54-57H2,1-2H3,(H,62,65)/b14-12-,53-49+. The van der Waals surface area contributed by atoms with E-state index in [0.29, 0.717) is 19.4 Å². The summed E-state index contributed by atoms with van der Waals surface area (Å²) in [5.74, 6) is -0.0699. The molecule has 396 valence electrons. The molecule has 0 aromatic carbocycles. The van der Waals surface area contributed by atoms with Crippen molar-refractivity contribution < 1.29 is 24.5 Å². The van der Waals surface area contributed by atoms with E-state index in [2.05, 4.69) is 31.3 Å². The van der Waals surface area contributed by atoms with Gasteiger partial charge >= 0.3 is 5.97 Å². The number of carbonyl (C=O) groups excluding carboxylic acids is 2. The molecule has 0 radical (unpaired) electrons. The van der Waals surface area contributed by atoms with Crippen LogP contribution in [0.25, 0.3) is 0 Å². The fourth-order valence-electron chi connectivity index (χ4n) is 9.34. The van der Waals surface area contributed by atoms with Gasteiger partial charge in [-0.05, 0) is 57.8 Å². The van der Waals surface area contributed by atoms with Crippen molar-refractivity contribution >= 4 is 11.9 Å². The van der Waals surface area contributed by atoms with Crippen molar-refractivity contribution in [2.24, 2.45) is 0 Å². The molecule has 1 amide bonds. The Morgan fingerprint density at radius 3 is 1.09 bits per heavy atom. The largest absolute Gasteiger partial charge is 0.466 e. The summed E-state index contributed by atoms with van der Waals surface area (Å²) in [5, 5.41) is 23.2. The van der Waals surface area contributed by atoms with E-state index in [1.165, 1.54) is 257 Å². The van der Waals surface area contributed by atoms with Gasteiger partial charge in [0.15, 0.2) is 0 Å². The maximum Gasteiger partial charge on any atom is 0.305 e. The van der Waals surface area contributed by atoms with Gasteiger partial charge in [-0.1, -0.05) is 282 Å². The number of hydrogen-bond acceptors (Lipinski definition) is 5. The first-order valence-electron chi connectivity index (χ1n) is 30.1. The van der Waals surface area contributed by atoms with E-state index < -0.39 is 12.1 Å². The minimum atomic E-state index is -0.847. The smallest absolute Gasteiger partial charge is 0.305 e. The zero-order valence-electron chi connectivity index (χ0n) is 45.1. The molecule has 0 spiro atoms. The number of nitrogens with one attached hydrogen (secondary N) is 1. The summed E-state index contributed by atoms with van der Waals surface area (Å²) in [6.07, 6.45) is 69.2. The number of ether oxygens (including phenoxy) is 1. The van der Waals surface area contributed by atoms with E-state index in [-0.39, 0.29) is 18.5 Å². The van der Waals surface area contributed by atoms with Crippen LogP contribution in [-0.2, 0) is 14.3 Å². The molecule has 0 saturated heterocycles. The van der Waals surface area contributed by atoms with E-state index >= 15 is 0 Å². The summed E-state index contributed by atoms with van der Waals surface area (Å²) < 4.78 is 5.46. The molecule has 0 fully saturated rings. The zero-order chi connectivity index (χ0) is 48.6. The highest BCUT2D eigenvalue weighted by Crippen LogP contribution is 2.17.